The van der Waals surface area contributed by atoms with Gasteiger partial charge in [-0.1, -0.05) is 54.6 Å². The van der Waals surface area contributed by atoms with Crippen molar-refractivity contribution in [2.45, 2.75) is 31.0 Å². The van der Waals surface area contributed by atoms with Gasteiger partial charge in [0, 0.05) is 35.5 Å². The highest BCUT2D eigenvalue weighted by molar-refractivity contribution is 7.89. The molecule has 1 aliphatic heterocycles. The van der Waals surface area contributed by atoms with Crippen molar-refractivity contribution in [3.63, 3.8) is 0 Å². The lowest BCUT2D eigenvalue weighted by Crippen LogP contribution is -2.48. The Balaban J connectivity index is 1.50. The molecule has 7 nitrogen and oxygen atoms in total. The maximum absolute atomic E-state index is 13.2. The second-order valence-electron chi connectivity index (χ2n) is 8.62. The number of para-hydroxylation sites is 1. The first-order chi connectivity index (χ1) is 16.8. The second-order valence-corrected chi connectivity index (χ2v) is 10.6. The summed E-state index contributed by atoms with van der Waals surface area (Å²) in [5, 5.41) is 3.05. The first-order valence-electron chi connectivity index (χ1n) is 11.5. The van der Waals surface area contributed by atoms with Crippen LogP contribution in [-0.2, 0) is 14.8 Å². The first kappa shape index (κ1) is 24.8. The summed E-state index contributed by atoms with van der Waals surface area (Å²) in [5.41, 5.74) is 1.82. The Labute approximate surface area is 205 Å². The lowest BCUT2D eigenvalue weighted by atomic mass is 10.0. The third-order valence-corrected chi connectivity index (χ3v) is 7.65. The average Bonchev–Trinajstić information content (AvgIpc) is 2.87. The topological polar surface area (TPSA) is 92.8 Å². The maximum atomic E-state index is 13.2. The first-order valence-corrected chi connectivity index (χ1v) is 12.9. The number of hydrogen-bond donors (Lipinski definition) is 1. The minimum Gasteiger partial charge on any atom is -0.377 e. The molecule has 4 rings (SSSR count). The third-order valence-electron chi connectivity index (χ3n) is 5.83. The zero-order chi connectivity index (χ0) is 25.0. The van der Waals surface area contributed by atoms with Gasteiger partial charge in [0.1, 0.15) is 0 Å². The number of anilines is 1. The summed E-state index contributed by atoms with van der Waals surface area (Å²) in [5.74, 6) is -0.434. The number of rotatable bonds is 8. The Morgan fingerprint density at radius 1 is 0.886 bits per heavy atom. The SMILES string of the molecule is CC1CN(S(=O)(=O)c2cccc(C(=O)CNc3ccccc3C(=O)c3ccccc3)c2)CC(C)O1. The lowest BCUT2D eigenvalue weighted by molar-refractivity contribution is -0.0440. The van der Waals surface area contributed by atoms with Crippen LogP contribution in [0.5, 0.6) is 0 Å². The lowest BCUT2D eigenvalue weighted by Gasteiger charge is -2.34. The number of nitrogens with zero attached hydrogens (tertiary/aromatic N) is 1. The van der Waals surface area contributed by atoms with Gasteiger partial charge >= 0.3 is 0 Å². The van der Waals surface area contributed by atoms with Crippen molar-refractivity contribution in [3.05, 3.63) is 95.6 Å². The zero-order valence-corrected chi connectivity index (χ0v) is 20.5. The molecule has 1 heterocycles. The Hall–Kier alpha value is -3.33. The number of ether oxygens (including phenoxy) is 1. The molecule has 0 saturated carbocycles. The van der Waals surface area contributed by atoms with Gasteiger partial charge in [0.05, 0.1) is 23.6 Å². The summed E-state index contributed by atoms with van der Waals surface area (Å²) in [6, 6.07) is 22.0. The van der Waals surface area contributed by atoms with Crippen LogP contribution >= 0.6 is 0 Å². The van der Waals surface area contributed by atoms with Gasteiger partial charge in [-0.15, -0.1) is 0 Å². The third kappa shape index (κ3) is 5.67. The van der Waals surface area contributed by atoms with Crippen molar-refractivity contribution in [2.24, 2.45) is 0 Å². The van der Waals surface area contributed by atoms with Crippen molar-refractivity contribution in [1.82, 2.24) is 4.31 Å². The highest BCUT2D eigenvalue weighted by atomic mass is 32.2. The highest BCUT2D eigenvalue weighted by Gasteiger charge is 2.32. The maximum Gasteiger partial charge on any atom is 0.243 e. The Morgan fingerprint density at radius 3 is 2.23 bits per heavy atom. The molecule has 3 aromatic carbocycles. The number of morpholine rings is 1. The van der Waals surface area contributed by atoms with E-state index in [1.54, 1.807) is 60.7 Å². The molecular formula is C27H28N2O5S. The summed E-state index contributed by atoms with van der Waals surface area (Å²) < 4.78 is 33.4. The molecule has 0 bridgehead atoms. The molecule has 3 aromatic rings. The van der Waals surface area contributed by atoms with Crippen LogP contribution in [0.3, 0.4) is 0 Å². The molecule has 2 unspecified atom stereocenters. The van der Waals surface area contributed by atoms with E-state index in [0.717, 1.165) is 0 Å². The normalized spacial score (nSPS) is 18.7. The van der Waals surface area contributed by atoms with Crippen LogP contribution in [-0.4, -0.2) is 56.1 Å². The molecule has 0 aromatic heterocycles. The van der Waals surface area contributed by atoms with E-state index in [1.165, 1.54) is 16.4 Å². The van der Waals surface area contributed by atoms with Crippen LogP contribution in [0, 0.1) is 0 Å². The van der Waals surface area contributed by atoms with Crippen molar-refractivity contribution < 1.29 is 22.7 Å². The van der Waals surface area contributed by atoms with Gasteiger partial charge in [0.2, 0.25) is 10.0 Å². The molecule has 182 valence electrons. The number of carbonyl (C=O) groups is 2. The predicted octanol–water partition coefficient (Wildman–Crippen LogP) is 4.01. The van der Waals surface area contributed by atoms with Crippen molar-refractivity contribution in [3.8, 4) is 0 Å². The van der Waals surface area contributed by atoms with Crippen LogP contribution in [0.2, 0.25) is 0 Å². The van der Waals surface area contributed by atoms with Crippen molar-refractivity contribution in [2.75, 3.05) is 25.0 Å². The van der Waals surface area contributed by atoms with Crippen LogP contribution in [0.1, 0.15) is 40.1 Å². The van der Waals surface area contributed by atoms with E-state index in [2.05, 4.69) is 5.32 Å². The number of benzene rings is 3. The van der Waals surface area contributed by atoms with Gasteiger partial charge in [-0.2, -0.15) is 4.31 Å². The Bertz CT molecular complexity index is 1310. The number of nitrogens with one attached hydrogen (secondary N) is 1. The predicted molar refractivity (Wildman–Crippen MR) is 134 cm³/mol. The molecule has 1 aliphatic rings. The van der Waals surface area contributed by atoms with Gasteiger partial charge < -0.3 is 10.1 Å². The molecule has 2 atom stereocenters. The largest absolute Gasteiger partial charge is 0.377 e. The summed E-state index contributed by atoms with van der Waals surface area (Å²) in [7, 11) is -3.76. The van der Waals surface area contributed by atoms with Gasteiger partial charge in [-0.05, 0) is 38.1 Å². The van der Waals surface area contributed by atoms with E-state index < -0.39 is 10.0 Å². The van der Waals surface area contributed by atoms with Crippen LogP contribution < -0.4 is 5.32 Å². The number of carbonyl (C=O) groups excluding carboxylic acids is 2. The Morgan fingerprint density at radius 2 is 1.51 bits per heavy atom. The fraction of sp³-hybridized carbons (Fsp3) is 0.259. The van der Waals surface area contributed by atoms with E-state index in [0.29, 0.717) is 16.8 Å². The van der Waals surface area contributed by atoms with E-state index in [4.69, 9.17) is 4.74 Å². The number of hydrogen-bond acceptors (Lipinski definition) is 6. The molecule has 8 heteroatoms. The average molecular weight is 493 g/mol. The minimum absolute atomic E-state index is 0.0734. The van der Waals surface area contributed by atoms with Gasteiger partial charge in [0.15, 0.2) is 11.6 Å². The van der Waals surface area contributed by atoms with E-state index in [-0.39, 0.29) is 53.9 Å². The molecule has 0 spiro atoms. The molecule has 1 saturated heterocycles. The van der Waals surface area contributed by atoms with Gasteiger partial charge in [-0.25, -0.2) is 8.42 Å². The van der Waals surface area contributed by atoms with Crippen LogP contribution in [0.4, 0.5) is 5.69 Å². The molecule has 0 radical (unpaired) electrons. The van der Waals surface area contributed by atoms with Crippen LogP contribution in [0.25, 0.3) is 0 Å². The fourth-order valence-corrected chi connectivity index (χ4v) is 5.80. The van der Waals surface area contributed by atoms with Gasteiger partial charge in [0.25, 0.3) is 0 Å². The van der Waals surface area contributed by atoms with E-state index >= 15 is 0 Å². The minimum atomic E-state index is -3.76. The van der Waals surface area contributed by atoms with Gasteiger partial charge in [-0.3, -0.25) is 9.59 Å². The summed E-state index contributed by atoms with van der Waals surface area (Å²) >= 11 is 0. The summed E-state index contributed by atoms with van der Waals surface area (Å²) in [6.45, 7) is 4.11. The quantitative estimate of drug-likeness (QED) is 0.478. The van der Waals surface area contributed by atoms with E-state index in [1.807, 2.05) is 19.9 Å². The smallest absolute Gasteiger partial charge is 0.243 e. The number of sulfonamides is 1. The summed E-state index contributed by atoms with van der Waals surface area (Å²) in [4.78, 5) is 26.0. The number of Topliss-reactive ketones (excluding diaryl/α,β-unsaturated/α-hetero) is 1. The monoisotopic (exact) mass is 492 g/mol. The molecule has 0 amide bonds. The highest BCUT2D eigenvalue weighted by Crippen LogP contribution is 2.23. The molecule has 0 aliphatic carbocycles. The fourth-order valence-electron chi connectivity index (χ4n) is 4.16. The molecule has 1 fully saturated rings. The van der Waals surface area contributed by atoms with Crippen molar-refractivity contribution >= 4 is 27.3 Å². The van der Waals surface area contributed by atoms with Crippen molar-refractivity contribution in [1.29, 1.82) is 0 Å². The Kier molecular flexibility index (Phi) is 7.45. The van der Waals surface area contributed by atoms with E-state index in [9.17, 15) is 18.0 Å². The molecular weight excluding hydrogens is 464 g/mol. The standard InChI is InChI=1S/C27H28N2O5S/c1-19-17-29(18-20(2)34-19)35(32,33)23-12-8-11-22(15-23)26(30)16-28-25-14-7-6-13-24(25)27(31)21-9-4-3-5-10-21/h3-15,19-20,28H,16-18H2,1-2H3. The second kappa shape index (κ2) is 10.5. The molecule has 1 N–H and O–H groups in total. The molecule has 35 heavy (non-hydrogen) atoms. The van der Waals surface area contributed by atoms with Crippen LogP contribution in [0.15, 0.2) is 83.8 Å². The summed E-state index contributed by atoms with van der Waals surface area (Å²) in [6.07, 6.45) is -0.414. The number of ketones is 2. The zero-order valence-electron chi connectivity index (χ0n) is 19.7.